The van der Waals surface area contributed by atoms with Crippen LogP contribution in [0.4, 0.5) is 10.9 Å². The summed E-state index contributed by atoms with van der Waals surface area (Å²) < 4.78 is 5.74. The minimum absolute atomic E-state index is 0.104. The number of thioether (sulfide) groups is 1. The second-order valence-electron chi connectivity index (χ2n) is 5.12. The topological polar surface area (TPSA) is 92.9 Å². The van der Waals surface area contributed by atoms with Crippen LogP contribution in [0.1, 0.15) is 31.9 Å². The predicted molar refractivity (Wildman–Crippen MR) is 86.4 cm³/mol. The highest BCUT2D eigenvalue weighted by molar-refractivity contribution is 8.02. The van der Waals surface area contributed by atoms with Crippen LogP contribution in [0.2, 0.25) is 0 Å². The number of aryl methyl sites for hydroxylation is 1. The molecule has 2 aromatic heterocycles. The Kier molecular flexibility index (Phi) is 4.63. The van der Waals surface area contributed by atoms with Crippen LogP contribution >= 0.6 is 23.1 Å². The largest absolute Gasteiger partial charge is 0.360 e. The van der Waals surface area contributed by atoms with Gasteiger partial charge >= 0.3 is 0 Å². The number of carbonyl (C=O) groups is 1. The van der Waals surface area contributed by atoms with Crippen LogP contribution in [-0.4, -0.2) is 32.6 Å². The van der Waals surface area contributed by atoms with E-state index in [1.54, 1.807) is 13.0 Å². The molecule has 3 rings (SSSR count). The lowest BCUT2D eigenvalue weighted by atomic mass is 10.3. The molecule has 9 heteroatoms. The maximum absolute atomic E-state index is 12.3. The van der Waals surface area contributed by atoms with Crippen molar-refractivity contribution in [3.8, 4) is 0 Å². The summed E-state index contributed by atoms with van der Waals surface area (Å²) in [6.45, 7) is 3.75. The van der Waals surface area contributed by atoms with Gasteiger partial charge in [0.2, 0.25) is 11.0 Å². The Hall–Kier alpha value is -1.61. The van der Waals surface area contributed by atoms with Gasteiger partial charge in [-0.05, 0) is 26.2 Å². The molecule has 1 atom stereocenters. The number of amides is 1. The zero-order chi connectivity index (χ0) is 15.5. The van der Waals surface area contributed by atoms with Crippen molar-refractivity contribution < 1.29 is 9.32 Å². The normalized spacial score (nSPS) is 15.5. The molecule has 0 radical (unpaired) electrons. The molecule has 0 aliphatic heterocycles. The van der Waals surface area contributed by atoms with Crippen LogP contribution in [0.15, 0.2) is 14.9 Å². The number of anilines is 2. The molecule has 22 heavy (non-hydrogen) atoms. The molecule has 0 unspecified atom stereocenters. The monoisotopic (exact) mass is 339 g/mol. The Morgan fingerprint density at radius 1 is 1.55 bits per heavy atom. The van der Waals surface area contributed by atoms with Crippen molar-refractivity contribution >= 4 is 40.0 Å². The molecule has 1 fully saturated rings. The first-order valence-corrected chi connectivity index (χ1v) is 8.84. The van der Waals surface area contributed by atoms with Crippen LogP contribution < -0.4 is 10.6 Å². The van der Waals surface area contributed by atoms with E-state index in [1.165, 1.54) is 35.9 Å². The van der Waals surface area contributed by atoms with Gasteiger partial charge in [-0.1, -0.05) is 35.2 Å². The third-order valence-electron chi connectivity index (χ3n) is 3.10. The van der Waals surface area contributed by atoms with Gasteiger partial charge in [-0.25, -0.2) is 0 Å². The van der Waals surface area contributed by atoms with Gasteiger partial charge in [-0.2, -0.15) is 0 Å². The first kappa shape index (κ1) is 15.3. The number of hydrogen-bond donors (Lipinski definition) is 2. The fourth-order valence-electron chi connectivity index (χ4n) is 1.79. The van der Waals surface area contributed by atoms with Gasteiger partial charge in [0.25, 0.3) is 0 Å². The fourth-order valence-corrected chi connectivity index (χ4v) is 3.79. The second-order valence-corrected chi connectivity index (χ2v) is 7.55. The molecule has 0 bridgehead atoms. The van der Waals surface area contributed by atoms with Gasteiger partial charge in [0.05, 0.1) is 5.25 Å². The van der Waals surface area contributed by atoms with Crippen LogP contribution in [0.5, 0.6) is 0 Å². The van der Waals surface area contributed by atoms with E-state index >= 15 is 0 Å². The Morgan fingerprint density at radius 2 is 2.36 bits per heavy atom. The number of nitrogens with zero attached hydrogens (tertiary/aromatic N) is 3. The van der Waals surface area contributed by atoms with Crippen molar-refractivity contribution in [2.45, 2.75) is 48.7 Å². The molecule has 2 heterocycles. The highest BCUT2D eigenvalue weighted by Crippen LogP contribution is 2.33. The molecule has 2 N–H and O–H groups in total. The summed E-state index contributed by atoms with van der Waals surface area (Å²) in [6, 6.07) is 2.24. The van der Waals surface area contributed by atoms with Crippen molar-refractivity contribution in [3.05, 3.63) is 11.8 Å². The zero-order valence-corrected chi connectivity index (χ0v) is 14.0. The first-order chi connectivity index (χ1) is 10.6. The summed E-state index contributed by atoms with van der Waals surface area (Å²) in [5, 5.41) is 18.7. The van der Waals surface area contributed by atoms with Crippen molar-refractivity contribution in [3.63, 3.8) is 0 Å². The van der Waals surface area contributed by atoms with Gasteiger partial charge in [0.15, 0.2) is 10.2 Å². The molecule has 1 aliphatic rings. The fraction of sp³-hybridized carbons (Fsp3) is 0.538. The number of nitrogens with one attached hydrogen (secondary N) is 2. The molecule has 0 spiro atoms. The number of rotatable bonds is 7. The third kappa shape index (κ3) is 3.98. The van der Waals surface area contributed by atoms with E-state index in [1.807, 2.05) is 6.92 Å². The van der Waals surface area contributed by atoms with Gasteiger partial charge < -0.3 is 15.2 Å². The highest BCUT2D eigenvalue weighted by atomic mass is 32.2. The lowest BCUT2D eigenvalue weighted by Gasteiger charge is -2.10. The summed E-state index contributed by atoms with van der Waals surface area (Å²) in [6.07, 6.45) is 3.08. The quantitative estimate of drug-likeness (QED) is 0.749. The standard InChI is InChI=1S/C13H17N5O2S2/c1-3-9(11(19)15-10-6-7(2)20-18-10)21-13-17-16-12(22-13)14-8-4-5-8/h6,8-9H,3-5H2,1-2H3,(H,14,16)(H,15,18,19)/t9-/m0/s1. The summed E-state index contributed by atoms with van der Waals surface area (Å²) in [7, 11) is 0. The molecule has 1 aliphatic carbocycles. The summed E-state index contributed by atoms with van der Waals surface area (Å²) in [4.78, 5) is 12.3. The van der Waals surface area contributed by atoms with Crippen molar-refractivity contribution in [1.82, 2.24) is 15.4 Å². The minimum atomic E-state index is -0.237. The summed E-state index contributed by atoms with van der Waals surface area (Å²) in [5.41, 5.74) is 0. The van der Waals surface area contributed by atoms with E-state index in [2.05, 4.69) is 26.0 Å². The van der Waals surface area contributed by atoms with Gasteiger partial charge in [-0.3, -0.25) is 4.79 Å². The van der Waals surface area contributed by atoms with E-state index < -0.39 is 0 Å². The number of carbonyl (C=O) groups excluding carboxylic acids is 1. The third-order valence-corrected chi connectivity index (χ3v) is 5.40. The average molecular weight is 339 g/mol. The Balaban J connectivity index is 1.58. The van der Waals surface area contributed by atoms with E-state index in [4.69, 9.17) is 4.52 Å². The van der Waals surface area contributed by atoms with Crippen molar-refractivity contribution in [2.75, 3.05) is 10.6 Å². The van der Waals surface area contributed by atoms with Gasteiger partial charge in [-0.15, -0.1) is 10.2 Å². The summed E-state index contributed by atoms with van der Waals surface area (Å²) in [5.74, 6) is 0.999. The van der Waals surface area contributed by atoms with Gasteiger partial charge in [0.1, 0.15) is 5.76 Å². The molecular formula is C13H17N5O2S2. The van der Waals surface area contributed by atoms with Crippen LogP contribution in [0.3, 0.4) is 0 Å². The maximum atomic E-state index is 12.3. The maximum Gasteiger partial charge on any atom is 0.239 e. The smallest absolute Gasteiger partial charge is 0.239 e. The lowest BCUT2D eigenvalue weighted by molar-refractivity contribution is -0.115. The summed E-state index contributed by atoms with van der Waals surface area (Å²) >= 11 is 2.91. The van der Waals surface area contributed by atoms with E-state index in [0.29, 0.717) is 24.0 Å². The van der Waals surface area contributed by atoms with Crippen molar-refractivity contribution in [1.29, 1.82) is 0 Å². The van der Waals surface area contributed by atoms with E-state index in [9.17, 15) is 4.79 Å². The molecule has 7 nitrogen and oxygen atoms in total. The van der Waals surface area contributed by atoms with Crippen LogP contribution in [-0.2, 0) is 4.79 Å². The second kappa shape index (κ2) is 6.66. The lowest BCUT2D eigenvalue weighted by Crippen LogP contribution is -2.24. The predicted octanol–water partition coefficient (Wildman–Crippen LogP) is 2.92. The average Bonchev–Trinajstić information content (AvgIpc) is 3.04. The van der Waals surface area contributed by atoms with E-state index in [-0.39, 0.29) is 11.2 Å². The zero-order valence-electron chi connectivity index (χ0n) is 12.3. The van der Waals surface area contributed by atoms with Crippen LogP contribution in [0, 0.1) is 6.92 Å². The minimum Gasteiger partial charge on any atom is -0.360 e. The van der Waals surface area contributed by atoms with Crippen LogP contribution in [0.25, 0.3) is 0 Å². The van der Waals surface area contributed by atoms with E-state index in [0.717, 1.165) is 9.47 Å². The van der Waals surface area contributed by atoms with Crippen molar-refractivity contribution in [2.24, 2.45) is 0 Å². The number of aromatic nitrogens is 3. The SMILES string of the molecule is CC[C@H](Sc1nnc(NC2CC2)s1)C(=O)Nc1cc(C)on1. The number of hydrogen-bond acceptors (Lipinski definition) is 8. The van der Waals surface area contributed by atoms with Gasteiger partial charge in [0, 0.05) is 12.1 Å². The molecule has 1 saturated carbocycles. The molecule has 0 aromatic carbocycles. The molecule has 2 aromatic rings. The Bertz CT molecular complexity index is 652. The molecule has 1 amide bonds. The first-order valence-electron chi connectivity index (χ1n) is 7.15. The molecule has 118 valence electrons. The molecule has 0 saturated heterocycles. The Morgan fingerprint density at radius 3 is 3.00 bits per heavy atom. The molecular weight excluding hydrogens is 322 g/mol. The Labute approximate surface area is 136 Å². The highest BCUT2D eigenvalue weighted by Gasteiger charge is 2.24.